The van der Waals surface area contributed by atoms with Gasteiger partial charge in [0.15, 0.2) is 0 Å². The number of benzene rings is 2. The third-order valence-corrected chi connectivity index (χ3v) is 4.21. The van der Waals surface area contributed by atoms with Gasteiger partial charge in [-0.1, -0.05) is 43.3 Å². The molecular weight excluding hydrogens is 324 g/mol. The summed E-state index contributed by atoms with van der Waals surface area (Å²) >= 11 is 0. The highest BCUT2D eigenvalue weighted by Gasteiger charge is 2.09. The van der Waals surface area contributed by atoms with Crippen molar-refractivity contribution < 1.29 is 4.79 Å². The summed E-state index contributed by atoms with van der Waals surface area (Å²) < 4.78 is 0. The van der Waals surface area contributed by atoms with Crippen LogP contribution < -0.4 is 10.6 Å². The number of hydrogen-bond acceptors (Lipinski definition) is 4. The van der Waals surface area contributed by atoms with Crippen LogP contribution >= 0.6 is 0 Å². The van der Waals surface area contributed by atoms with E-state index in [-0.39, 0.29) is 5.91 Å². The zero-order valence-corrected chi connectivity index (χ0v) is 15.0. The maximum atomic E-state index is 12.4. The van der Waals surface area contributed by atoms with Gasteiger partial charge in [-0.3, -0.25) is 4.79 Å². The van der Waals surface area contributed by atoms with E-state index in [1.54, 1.807) is 12.3 Å². The molecule has 5 heteroatoms. The minimum absolute atomic E-state index is 0.222. The van der Waals surface area contributed by atoms with Gasteiger partial charge in [-0.25, -0.2) is 9.97 Å². The van der Waals surface area contributed by atoms with Gasteiger partial charge >= 0.3 is 0 Å². The van der Waals surface area contributed by atoms with E-state index in [9.17, 15) is 4.79 Å². The minimum atomic E-state index is -0.222. The average molecular weight is 346 g/mol. The molecule has 1 heterocycles. The van der Waals surface area contributed by atoms with E-state index in [1.165, 1.54) is 5.56 Å². The van der Waals surface area contributed by atoms with E-state index >= 15 is 0 Å². The monoisotopic (exact) mass is 346 g/mol. The first-order valence-corrected chi connectivity index (χ1v) is 8.67. The molecule has 0 spiro atoms. The number of aryl methyl sites for hydroxylation is 2. The van der Waals surface area contributed by atoms with Crippen LogP contribution in [0.4, 0.5) is 11.6 Å². The number of hydrogen-bond donors (Lipinski definition) is 2. The standard InChI is InChI=1S/C21H22N4O/c1-3-16-8-10-18(11-9-16)24-21-22-13-12-19(25-21)20(26)23-14-17-7-5-4-6-15(17)2/h4-13H,3,14H2,1-2H3,(H,23,26)(H,22,24,25). The fourth-order valence-corrected chi connectivity index (χ4v) is 2.57. The first kappa shape index (κ1) is 17.6. The molecule has 0 saturated carbocycles. The second-order valence-electron chi connectivity index (χ2n) is 6.05. The van der Waals surface area contributed by atoms with Crippen molar-refractivity contribution in [1.29, 1.82) is 0 Å². The van der Waals surface area contributed by atoms with Crippen molar-refractivity contribution in [2.75, 3.05) is 5.32 Å². The highest BCUT2D eigenvalue weighted by atomic mass is 16.1. The summed E-state index contributed by atoms with van der Waals surface area (Å²) in [7, 11) is 0. The highest BCUT2D eigenvalue weighted by Crippen LogP contribution is 2.14. The smallest absolute Gasteiger partial charge is 0.270 e. The lowest BCUT2D eigenvalue weighted by Crippen LogP contribution is -2.24. The van der Waals surface area contributed by atoms with E-state index < -0.39 is 0 Å². The highest BCUT2D eigenvalue weighted by molar-refractivity contribution is 5.92. The van der Waals surface area contributed by atoms with E-state index in [0.717, 1.165) is 23.2 Å². The number of nitrogens with one attached hydrogen (secondary N) is 2. The first-order valence-electron chi connectivity index (χ1n) is 8.67. The van der Waals surface area contributed by atoms with Crippen molar-refractivity contribution in [3.8, 4) is 0 Å². The Morgan fingerprint density at radius 3 is 2.54 bits per heavy atom. The fraction of sp³-hybridized carbons (Fsp3) is 0.190. The lowest BCUT2D eigenvalue weighted by molar-refractivity contribution is 0.0946. The lowest BCUT2D eigenvalue weighted by Gasteiger charge is -2.09. The normalized spacial score (nSPS) is 10.4. The van der Waals surface area contributed by atoms with Crippen LogP contribution in [0.3, 0.4) is 0 Å². The van der Waals surface area contributed by atoms with Gasteiger partial charge in [-0.2, -0.15) is 0 Å². The number of carbonyl (C=O) groups excluding carboxylic acids is 1. The second kappa shape index (κ2) is 8.25. The van der Waals surface area contributed by atoms with Gasteiger partial charge in [0, 0.05) is 18.4 Å². The van der Waals surface area contributed by atoms with Gasteiger partial charge in [-0.05, 0) is 48.2 Å². The Hall–Kier alpha value is -3.21. The molecule has 0 aliphatic rings. The van der Waals surface area contributed by atoms with Crippen molar-refractivity contribution >= 4 is 17.5 Å². The van der Waals surface area contributed by atoms with Crippen LogP contribution in [-0.2, 0) is 13.0 Å². The molecule has 2 aromatic carbocycles. The maximum Gasteiger partial charge on any atom is 0.270 e. The average Bonchev–Trinajstić information content (AvgIpc) is 2.68. The van der Waals surface area contributed by atoms with E-state index in [2.05, 4.69) is 39.7 Å². The molecule has 132 valence electrons. The van der Waals surface area contributed by atoms with Gasteiger partial charge in [0.2, 0.25) is 5.95 Å². The molecule has 1 aromatic heterocycles. The van der Waals surface area contributed by atoms with Crippen LogP contribution in [0.1, 0.15) is 34.1 Å². The molecule has 2 N–H and O–H groups in total. The Morgan fingerprint density at radius 2 is 1.81 bits per heavy atom. The molecular formula is C21H22N4O. The van der Waals surface area contributed by atoms with E-state index in [4.69, 9.17) is 0 Å². The summed E-state index contributed by atoms with van der Waals surface area (Å²) in [5, 5.41) is 6.04. The maximum absolute atomic E-state index is 12.4. The summed E-state index contributed by atoms with van der Waals surface area (Å²) in [4.78, 5) is 20.9. The first-order chi connectivity index (χ1) is 12.7. The number of amides is 1. The minimum Gasteiger partial charge on any atom is -0.347 e. The van der Waals surface area contributed by atoms with Crippen molar-refractivity contribution in [3.05, 3.63) is 83.2 Å². The van der Waals surface area contributed by atoms with Crippen LogP contribution in [-0.4, -0.2) is 15.9 Å². The van der Waals surface area contributed by atoms with Crippen LogP contribution in [0.15, 0.2) is 60.8 Å². The number of aromatic nitrogens is 2. The Morgan fingerprint density at radius 1 is 1.04 bits per heavy atom. The summed E-state index contributed by atoms with van der Waals surface area (Å²) in [6.45, 7) is 4.61. The van der Waals surface area contributed by atoms with Gasteiger partial charge in [0.1, 0.15) is 5.69 Å². The topological polar surface area (TPSA) is 66.9 Å². The zero-order valence-electron chi connectivity index (χ0n) is 15.0. The van der Waals surface area contributed by atoms with Crippen molar-refractivity contribution in [1.82, 2.24) is 15.3 Å². The quantitative estimate of drug-likeness (QED) is 0.707. The molecule has 0 aliphatic heterocycles. The van der Waals surface area contributed by atoms with Crippen molar-refractivity contribution in [3.63, 3.8) is 0 Å². The molecule has 0 radical (unpaired) electrons. The molecule has 0 atom stereocenters. The molecule has 26 heavy (non-hydrogen) atoms. The van der Waals surface area contributed by atoms with Crippen LogP contribution in [0.2, 0.25) is 0 Å². The van der Waals surface area contributed by atoms with Crippen molar-refractivity contribution in [2.45, 2.75) is 26.8 Å². The van der Waals surface area contributed by atoms with Gasteiger partial charge < -0.3 is 10.6 Å². The Bertz CT molecular complexity index is 891. The summed E-state index contributed by atoms with van der Waals surface area (Å²) in [6, 6.07) is 17.7. The number of carbonyl (C=O) groups is 1. The molecule has 5 nitrogen and oxygen atoms in total. The molecule has 0 unspecified atom stereocenters. The molecule has 0 aliphatic carbocycles. The molecule has 0 bridgehead atoms. The van der Waals surface area contributed by atoms with Crippen LogP contribution in [0, 0.1) is 6.92 Å². The Labute approximate surface area is 153 Å². The fourth-order valence-electron chi connectivity index (χ4n) is 2.57. The molecule has 0 fully saturated rings. The van der Waals surface area contributed by atoms with Crippen molar-refractivity contribution in [2.24, 2.45) is 0 Å². The third kappa shape index (κ3) is 4.45. The second-order valence-corrected chi connectivity index (χ2v) is 6.05. The predicted molar refractivity (Wildman–Crippen MR) is 103 cm³/mol. The molecule has 1 amide bonds. The predicted octanol–water partition coefficient (Wildman–Crippen LogP) is 4.02. The number of anilines is 2. The van der Waals surface area contributed by atoms with E-state index in [1.807, 2.05) is 43.3 Å². The molecule has 3 rings (SSSR count). The Balaban J connectivity index is 1.66. The van der Waals surface area contributed by atoms with E-state index in [0.29, 0.717) is 18.2 Å². The third-order valence-electron chi connectivity index (χ3n) is 4.21. The van der Waals surface area contributed by atoms with Gasteiger partial charge in [-0.15, -0.1) is 0 Å². The van der Waals surface area contributed by atoms with Crippen LogP contribution in [0.5, 0.6) is 0 Å². The summed E-state index contributed by atoms with van der Waals surface area (Å²) in [6.07, 6.45) is 2.58. The zero-order chi connectivity index (χ0) is 18.4. The molecule has 0 saturated heterocycles. The summed E-state index contributed by atoms with van der Waals surface area (Å²) in [5.74, 6) is 0.179. The largest absolute Gasteiger partial charge is 0.347 e. The summed E-state index contributed by atoms with van der Waals surface area (Å²) in [5.41, 5.74) is 4.72. The Kier molecular flexibility index (Phi) is 5.59. The lowest BCUT2D eigenvalue weighted by atomic mass is 10.1. The van der Waals surface area contributed by atoms with Gasteiger partial charge in [0.05, 0.1) is 0 Å². The number of rotatable bonds is 6. The molecule has 3 aromatic rings. The SMILES string of the molecule is CCc1ccc(Nc2nccc(C(=O)NCc3ccccc3C)n2)cc1. The van der Waals surface area contributed by atoms with Crippen LogP contribution in [0.25, 0.3) is 0 Å². The number of nitrogens with zero attached hydrogens (tertiary/aromatic N) is 2. The van der Waals surface area contributed by atoms with Gasteiger partial charge in [0.25, 0.3) is 5.91 Å².